The highest BCUT2D eigenvalue weighted by Crippen LogP contribution is 2.26. The number of hydrogen-bond acceptors (Lipinski definition) is 4. The standard InChI is InChI=1S/C23H23NO3S/c1-2-15-6-9-20-18(12-23(26)27-21(20)10-15)13-28-14-22(25)24-19-8-7-16-4-3-5-17(16)11-19/h6-12H,2-5,13-14H2,1H3,(H,24,25). The molecule has 2 aromatic carbocycles. The maximum absolute atomic E-state index is 12.3. The van der Waals surface area contributed by atoms with E-state index in [9.17, 15) is 9.59 Å². The smallest absolute Gasteiger partial charge is 0.336 e. The van der Waals surface area contributed by atoms with Gasteiger partial charge < -0.3 is 9.73 Å². The van der Waals surface area contributed by atoms with Gasteiger partial charge in [0.05, 0.1) is 5.75 Å². The predicted molar refractivity (Wildman–Crippen MR) is 115 cm³/mol. The molecular weight excluding hydrogens is 370 g/mol. The lowest BCUT2D eigenvalue weighted by Gasteiger charge is -2.09. The average molecular weight is 394 g/mol. The number of amides is 1. The summed E-state index contributed by atoms with van der Waals surface area (Å²) in [5, 5.41) is 3.92. The maximum atomic E-state index is 12.3. The van der Waals surface area contributed by atoms with Gasteiger partial charge in [-0.2, -0.15) is 0 Å². The van der Waals surface area contributed by atoms with Crippen molar-refractivity contribution in [2.24, 2.45) is 0 Å². The van der Waals surface area contributed by atoms with Crippen molar-refractivity contribution in [3.05, 3.63) is 75.1 Å². The number of fused-ring (bicyclic) bond motifs is 2. The molecule has 1 aromatic heterocycles. The van der Waals surface area contributed by atoms with Crippen LogP contribution >= 0.6 is 11.8 Å². The van der Waals surface area contributed by atoms with Crippen molar-refractivity contribution >= 4 is 34.3 Å². The van der Waals surface area contributed by atoms with Gasteiger partial charge in [0.15, 0.2) is 0 Å². The molecule has 0 saturated heterocycles. The molecule has 0 radical (unpaired) electrons. The number of thioether (sulfide) groups is 1. The van der Waals surface area contributed by atoms with Gasteiger partial charge >= 0.3 is 5.63 Å². The van der Waals surface area contributed by atoms with Crippen LogP contribution in [-0.2, 0) is 29.8 Å². The molecule has 0 spiro atoms. The zero-order chi connectivity index (χ0) is 19.5. The van der Waals surface area contributed by atoms with E-state index in [0.29, 0.717) is 17.1 Å². The van der Waals surface area contributed by atoms with Crippen LogP contribution in [0.4, 0.5) is 5.69 Å². The number of carbonyl (C=O) groups excluding carboxylic acids is 1. The minimum atomic E-state index is -0.348. The van der Waals surface area contributed by atoms with E-state index in [1.807, 2.05) is 18.2 Å². The van der Waals surface area contributed by atoms with Crippen molar-refractivity contribution in [1.82, 2.24) is 0 Å². The Morgan fingerprint density at radius 2 is 1.96 bits per heavy atom. The number of nitrogens with one attached hydrogen (secondary N) is 1. The van der Waals surface area contributed by atoms with Crippen LogP contribution in [0.3, 0.4) is 0 Å². The van der Waals surface area contributed by atoms with E-state index < -0.39 is 0 Å². The van der Waals surface area contributed by atoms with Crippen LogP contribution in [0.1, 0.15) is 35.6 Å². The van der Waals surface area contributed by atoms with Gasteiger partial charge in [-0.15, -0.1) is 11.8 Å². The van der Waals surface area contributed by atoms with Gasteiger partial charge in [0, 0.05) is 22.9 Å². The molecule has 1 heterocycles. The normalized spacial score (nSPS) is 12.9. The minimum absolute atomic E-state index is 0.0245. The van der Waals surface area contributed by atoms with Gasteiger partial charge in [0.2, 0.25) is 5.91 Å². The van der Waals surface area contributed by atoms with Crippen molar-refractivity contribution in [1.29, 1.82) is 0 Å². The molecule has 28 heavy (non-hydrogen) atoms. The topological polar surface area (TPSA) is 59.3 Å². The number of hydrogen-bond donors (Lipinski definition) is 1. The largest absolute Gasteiger partial charge is 0.423 e. The lowest BCUT2D eigenvalue weighted by atomic mass is 10.1. The number of anilines is 1. The first-order valence-electron chi connectivity index (χ1n) is 9.67. The Morgan fingerprint density at radius 3 is 2.82 bits per heavy atom. The maximum Gasteiger partial charge on any atom is 0.336 e. The van der Waals surface area contributed by atoms with E-state index in [1.165, 1.54) is 35.4 Å². The molecule has 144 valence electrons. The van der Waals surface area contributed by atoms with Crippen molar-refractivity contribution in [3.63, 3.8) is 0 Å². The molecule has 1 aliphatic rings. The fourth-order valence-electron chi connectivity index (χ4n) is 3.71. The summed E-state index contributed by atoms with van der Waals surface area (Å²) < 4.78 is 5.34. The molecule has 5 heteroatoms. The van der Waals surface area contributed by atoms with Crippen LogP contribution in [0, 0.1) is 0 Å². The molecule has 1 aliphatic carbocycles. The van der Waals surface area contributed by atoms with Crippen molar-refractivity contribution in [2.75, 3.05) is 11.1 Å². The third kappa shape index (κ3) is 4.14. The average Bonchev–Trinajstić information content (AvgIpc) is 3.15. The first-order valence-corrected chi connectivity index (χ1v) is 10.8. The van der Waals surface area contributed by atoms with E-state index in [4.69, 9.17) is 4.42 Å². The minimum Gasteiger partial charge on any atom is -0.423 e. The van der Waals surface area contributed by atoms with Gasteiger partial charge in [-0.25, -0.2) is 4.79 Å². The molecule has 3 aromatic rings. The Labute approximate surface area is 168 Å². The van der Waals surface area contributed by atoms with Crippen molar-refractivity contribution < 1.29 is 9.21 Å². The monoisotopic (exact) mass is 393 g/mol. The van der Waals surface area contributed by atoms with Crippen LogP contribution in [0.5, 0.6) is 0 Å². The molecule has 0 atom stereocenters. The summed E-state index contributed by atoms with van der Waals surface area (Å²) in [6.07, 6.45) is 4.32. The van der Waals surface area contributed by atoms with Crippen LogP contribution in [0.2, 0.25) is 0 Å². The first kappa shape index (κ1) is 18.8. The summed E-state index contributed by atoms with van der Waals surface area (Å²) in [6.45, 7) is 2.07. The second kappa shape index (κ2) is 8.23. The summed E-state index contributed by atoms with van der Waals surface area (Å²) in [5.41, 5.74) is 5.92. The molecular formula is C23H23NO3S. The van der Waals surface area contributed by atoms with E-state index in [2.05, 4.69) is 30.4 Å². The van der Waals surface area contributed by atoms with Crippen LogP contribution < -0.4 is 10.9 Å². The molecule has 0 unspecified atom stereocenters. The van der Waals surface area contributed by atoms with E-state index >= 15 is 0 Å². The number of aryl methyl sites for hydroxylation is 3. The highest BCUT2D eigenvalue weighted by atomic mass is 32.2. The predicted octanol–water partition coefficient (Wildman–Crippen LogP) is 4.72. The highest BCUT2D eigenvalue weighted by Gasteiger charge is 2.12. The van der Waals surface area contributed by atoms with Gasteiger partial charge in [0.25, 0.3) is 0 Å². The quantitative estimate of drug-likeness (QED) is 0.616. The first-order chi connectivity index (χ1) is 13.6. The van der Waals surface area contributed by atoms with E-state index in [1.54, 1.807) is 0 Å². The van der Waals surface area contributed by atoms with Gasteiger partial charge in [0.1, 0.15) is 5.58 Å². The van der Waals surface area contributed by atoms with Crippen molar-refractivity contribution in [3.8, 4) is 0 Å². The molecule has 0 bridgehead atoms. The molecule has 1 N–H and O–H groups in total. The Bertz CT molecular complexity index is 1090. The van der Waals surface area contributed by atoms with Crippen LogP contribution in [0.25, 0.3) is 11.0 Å². The summed E-state index contributed by atoms with van der Waals surface area (Å²) in [6, 6.07) is 13.7. The molecule has 0 aliphatic heterocycles. The third-order valence-electron chi connectivity index (χ3n) is 5.18. The summed E-state index contributed by atoms with van der Waals surface area (Å²) in [4.78, 5) is 24.2. The summed E-state index contributed by atoms with van der Waals surface area (Å²) >= 11 is 1.50. The van der Waals surface area contributed by atoms with Gasteiger partial charge in [-0.1, -0.05) is 25.1 Å². The Hall–Kier alpha value is -2.53. The second-order valence-electron chi connectivity index (χ2n) is 7.15. The summed E-state index contributed by atoms with van der Waals surface area (Å²) in [5.74, 6) is 0.903. The second-order valence-corrected chi connectivity index (χ2v) is 8.14. The van der Waals surface area contributed by atoms with Gasteiger partial charge in [-0.05, 0) is 66.1 Å². The fourth-order valence-corrected chi connectivity index (χ4v) is 4.53. The molecule has 4 nitrogen and oxygen atoms in total. The number of benzene rings is 2. The Morgan fingerprint density at radius 1 is 1.11 bits per heavy atom. The number of carbonyl (C=O) groups is 1. The SMILES string of the molecule is CCc1ccc2c(CSCC(=O)Nc3ccc4c(c3)CCC4)cc(=O)oc2c1. The number of rotatable bonds is 6. The molecule has 4 rings (SSSR count). The lowest BCUT2D eigenvalue weighted by Crippen LogP contribution is -2.14. The van der Waals surface area contributed by atoms with Gasteiger partial charge in [-0.3, -0.25) is 4.79 Å². The highest BCUT2D eigenvalue weighted by molar-refractivity contribution is 7.99. The molecule has 0 saturated carbocycles. The summed E-state index contributed by atoms with van der Waals surface area (Å²) in [7, 11) is 0. The fraction of sp³-hybridized carbons (Fsp3) is 0.304. The Balaban J connectivity index is 1.39. The van der Waals surface area contributed by atoms with Crippen molar-refractivity contribution in [2.45, 2.75) is 38.4 Å². The lowest BCUT2D eigenvalue weighted by molar-refractivity contribution is -0.113. The zero-order valence-corrected chi connectivity index (χ0v) is 16.7. The molecule has 0 fully saturated rings. The van der Waals surface area contributed by atoms with Crippen LogP contribution in [-0.4, -0.2) is 11.7 Å². The molecule has 1 amide bonds. The zero-order valence-electron chi connectivity index (χ0n) is 15.9. The van der Waals surface area contributed by atoms with E-state index in [-0.39, 0.29) is 11.5 Å². The van der Waals surface area contributed by atoms with Crippen LogP contribution in [0.15, 0.2) is 51.7 Å². The third-order valence-corrected chi connectivity index (χ3v) is 6.16. The van der Waals surface area contributed by atoms with E-state index in [0.717, 1.165) is 41.5 Å². The Kier molecular flexibility index (Phi) is 5.53.